The molecule has 2 aliphatic carbocycles. The topological polar surface area (TPSA) is 53.5 Å². The monoisotopic (exact) mass is 409 g/mol. The summed E-state index contributed by atoms with van der Waals surface area (Å²) >= 11 is 1.41. The normalized spacial score (nSPS) is 17.4. The minimum Gasteiger partial charge on any atom is -0.333 e. The summed E-state index contributed by atoms with van der Waals surface area (Å²) in [7, 11) is 0. The Balaban J connectivity index is 1.48. The highest BCUT2D eigenvalue weighted by atomic mass is 32.1. The fraction of sp³-hybridized carbons (Fsp3) is 0.435. The second-order valence-corrected chi connectivity index (χ2v) is 8.68. The summed E-state index contributed by atoms with van der Waals surface area (Å²) in [5.41, 5.74) is 1.50. The van der Waals surface area contributed by atoms with Gasteiger partial charge in [0.05, 0.1) is 11.4 Å². The molecule has 1 heterocycles. The number of hydrogen-bond acceptors (Lipinski definition) is 4. The smallest absolute Gasteiger partial charge is 0.247 e. The van der Waals surface area contributed by atoms with Gasteiger partial charge in [-0.2, -0.15) is 0 Å². The first-order valence-corrected chi connectivity index (χ1v) is 11.3. The molecule has 2 fully saturated rings. The van der Waals surface area contributed by atoms with E-state index in [4.69, 9.17) is 0 Å². The Morgan fingerprint density at radius 3 is 2.38 bits per heavy atom. The molecule has 29 heavy (non-hydrogen) atoms. The van der Waals surface area contributed by atoms with E-state index >= 15 is 0 Å². The predicted octanol–water partition coefficient (Wildman–Crippen LogP) is 5.16. The third kappa shape index (κ3) is 4.75. The van der Waals surface area contributed by atoms with Gasteiger partial charge in [-0.25, -0.2) is 4.98 Å². The van der Waals surface area contributed by atoms with Crippen LogP contribution in [0.25, 0.3) is 6.08 Å². The van der Waals surface area contributed by atoms with Crippen LogP contribution >= 0.6 is 11.3 Å². The molecule has 152 valence electrons. The number of anilines is 2. The standard InChI is InChI=1S/C23H27N3O2S/c1-17(27)25(19-8-4-2-5-9-19)23-24-18(16-29-23)12-15-22(28)26(21-13-14-21)20-10-6-3-7-11-20/h2,4-5,8-9,12,15-16,20-21H,3,6-7,10-11,13-14H2,1H3/b15-12+. The number of benzene rings is 1. The maximum Gasteiger partial charge on any atom is 0.247 e. The van der Waals surface area contributed by atoms with Gasteiger partial charge < -0.3 is 4.90 Å². The molecular weight excluding hydrogens is 382 g/mol. The molecule has 0 N–H and O–H groups in total. The van der Waals surface area contributed by atoms with Crippen molar-refractivity contribution in [2.75, 3.05) is 4.90 Å². The zero-order valence-electron chi connectivity index (χ0n) is 16.8. The van der Waals surface area contributed by atoms with Gasteiger partial charge in [0.25, 0.3) is 0 Å². The van der Waals surface area contributed by atoms with Crippen LogP contribution in [-0.2, 0) is 9.59 Å². The SMILES string of the molecule is CC(=O)N(c1ccccc1)c1nc(/C=C/C(=O)N(C2CCCCC2)C2CC2)cs1. The van der Waals surface area contributed by atoms with Crippen LogP contribution in [0.5, 0.6) is 0 Å². The van der Waals surface area contributed by atoms with Crippen LogP contribution in [0.15, 0.2) is 41.8 Å². The van der Waals surface area contributed by atoms with Crippen LogP contribution in [0.2, 0.25) is 0 Å². The van der Waals surface area contributed by atoms with Crippen LogP contribution in [0.1, 0.15) is 57.6 Å². The molecule has 0 unspecified atom stereocenters. The summed E-state index contributed by atoms with van der Waals surface area (Å²) in [6.07, 6.45) is 11.7. The average Bonchev–Trinajstić information content (AvgIpc) is 3.46. The number of aromatic nitrogens is 1. The maximum absolute atomic E-state index is 12.9. The fourth-order valence-corrected chi connectivity index (χ4v) is 4.93. The first-order valence-electron chi connectivity index (χ1n) is 10.4. The van der Waals surface area contributed by atoms with Gasteiger partial charge >= 0.3 is 0 Å². The highest BCUT2D eigenvalue weighted by Crippen LogP contribution is 2.34. The molecule has 0 atom stereocenters. The summed E-state index contributed by atoms with van der Waals surface area (Å²) in [5.74, 6) is 0.00907. The number of thiazole rings is 1. The summed E-state index contributed by atoms with van der Waals surface area (Å²) in [4.78, 5) is 33.4. The third-order valence-electron chi connectivity index (χ3n) is 5.59. The molecule has 0 bridgehead atoms. The van der Waals surface area contributed by atoms with Crippen molar-refractivity contribution in [3.8, 4) is 0 Å². The molecule has 6 heteroatoms. The Morgan fingerprint density at radius 1 is 1.03 bits per heavy atom. The van der Waals surface area contributed by atoms with Crippen molar-refractivity contribution in [2.45, 2.75) is 64.0 Å². The van der Waals surface area contributed by atoms with Crippen molar-refractivity contribution in [2.24, 2.45) is 0 Å². The van der Waals surface area contributed by atoms with E-state index in [-0.39, 0.29) is 11.8 Å². The van der Waals surface area contributed by atoms with E-state index in [9.17, 15) is 9.59 Å². The number of carbonyl (C=O) groups excluding carboxylic acids is 2. The van der Waals surface area contributed by atoms with E-state index in [1.54, 1.807) is 17.1 Å². The number of amides is 2. The van der Waals surface area contributed by atoms with Gasteiger partial charge in [-0.15, -0.1) is 11.3 Å². The molecule has 2 amide bonds. The second-order valence-electron chi connectivity index (χ2n) is 7.85. The second kappa shape index (κ2) is 8.91. The van der Waals surface area contributed by atoms with Crippen LogP contribution in [0.4, 0.5) is 10.8 Å². The van der Waals surface area contributed by atoms with E-state index in [1.807, 2.05) is 35.7 Å². The van der Waals surface area contributed by atoms with E-state index in [0.717, 1.165) is 31.4 Å². The van der Waals surface area contributed by atoms with Gasteiger partial charge in [-0.1, -0.05) is 37.5 Å². The molecule has 2 aliphatic rings. The quantitative estimate of drug-likeness (QED) is 0.619. The molecule has 0 saturated heterocycles. The zero-order chi connectivity index (χ0) is 20.2. The van der Waals surface area contributed by atoms with Crippen LogP contribution in [0.3, 0.4) is 0 Å². The van der Waals surface area contributed by atoms with Gasteiger partial charge in [-0.3, -0.25) is 14.5 Å². The Kier molecular flexibility index (Phi) is 6.09. The van der Waals surface area contributed by atoms with E-state index in [0.29, 0.717) is 22.9 Å². The van der Waals surface area contributed by atoms with Crippen molar-refractivity contribution >= 4 is 40.0 Å². The Morgan fingerprint density at radius 2 is 1.72 bits per heavy atom. The van der Waals surface area contributed by atoms with E-state index in [2.05, 4.69) is 9.88 Å². The first-order chi connectivity index (χ1) is 14.1. The summed E-state index contributed by atoms with van der Waals surface area (Å²) in [6.45, 7) is 1.53. The van der Waals surface area contributed by atoms with Crippen molar-refractivity contribution in [3.05, 3.63) is 47.5 Å². The lowest BCUT2D eigenvalue weighted by Crippen LogP contribution is -2.42. The highest BCUT2D eigenvalue weighted by Gasteiger charge is 2.36. The lowest BCUT2D eigenvalue weighted by Gasteiger charge is -2.34. The molecular formula is C23H27N3O2S. The summed E-state index contributed by atoms with van der Waals surface area (Å²) in [6, 6.07) is 10.3. The van der Waals surface area contributed by atoms with Crippen molar-refractivity contribution in [1.29, 1.82) is 0 Å². The third-order valence-corrected chi connectivity index (χ3v) is 6.43. The number of nitrogens with zero attached hydrogens (tertiary/aromatic N) is 3. The lowest BCUT2D eigenvalue weighted by atomic mass is 9.94. The van der Waals surface area contributed by atoms with Crippen molar-refractivity contribution in [3.63, 3.8) is 0 Å². The van der Waals surface area contributed by atoms with Crippen molar-refractivity contribution < 1.29 is 9.59 Å². The minimum atomic E-state index is -0.0886. The summed E-state index contributed by atoms with van der Waals surface area (Å²) in [5, 5.41) is 2.50. The molecule has 5 nitrogen and oxygen atoms in total. The molecule has 1 aromatic carbocycles. The average molecular weight is 410 g/mol. The van der Waals surface area contributed by atoms with Gasteiger partial charge in [-0.05, 0) is 43.9 Å². The van der Waals surface area contributed by atoms with Crippen LogP contribution < -0.4 is 4.90 Å². The zero-order valence-corrected chi connectivity index (χ0v) is 17.6. The van der Waals surface area contributed by atoms with Gasteiger partial charge in [0.2, 0.25) is 11.8 Å². The van der Waals surface area contributed by atoms with Gasteiger partial charge in [0, 0.05) is 30.5 Å². The number of para-hydroxylation sites is 1. The molecule has 1 aromatic heterocycles. The van der Waals surface area contributed by atoms with Crippen LogP contribution in [-0.4, -0.2) is 33.8 Å². The van der Waals surface area contributed by atoms with E-state index < -0.39 is 0 Å². The first kappa shape index (κ1) is 19.8. The molecule has 2 aromatic rings. The molecule has 2 saturated carbocycles. The van der Waals surface area contributed by atoms with Gasteiger partial charge in [0.15, 0.2) is 5.13 Å². The van der Waals surface area contributed by atoms with Crippen molar-refractivity contribution in [1.82, 2.24) is 9.88 Å². The highest BCUT2D eigenvalue weighted by molar-refractivity contribution is 7.14. The number of hydrogen-bond donors (Lipinski definition) is 0. The van der Waals surface area contributed by atoms with Gasteiger partial charge in [0.1, 0.15) is 0 Å². The summed E-state index contributed by atoms with van der Waals surface area (Å²) < 4.78 is 0. The molecule has 0 radical (unpaired) electrons. The largest absolute Gasteiger partial charge is 0.333 e. The molecule has 0 aliphatic heterocycles. The molecule has 0 spiro atoms. The Hall–Kier alpha value is -2.47. The Labute approximate surface area is 176 Å². The predicted molar refractivity (Wildman–Crippen MR) is 117 cm³/mol. The number of rotatable bonds is 6. The number of carbonyl (C=O) groups is 2. The van der Waals surface area contributed by atoms with E-state index in [1.165, 1.54) is 37.5 Å². The maximum atomic E-state index is 12.9. The minimum absolute atomic E-state index is 0.0886. The Bertz CT molecular complexity index is 883. The lowest BCUT2D eigenvalue weighted by molar-refractivity contribution is -0.129. The van der Waals surface area contributed by atoms with Crippen LogP contribution in [0, 0.1) is 0 Å². The fourth-order valence-electron chi connectivity index (χ4n) is 4.07. The molecule has 4 rings (SSSR count).